The van der Waals surface area contributed by atoms with Crippen molar-refractivity contribution in [2.45, 2.75) is 38.6 Å². The number of amides is 2. The zero-order valence-corrected chi connectivity index (χ0v) is 18.9. The summed E-state index contributed by atoms with van der Waals surface area (Å²) in [4.78, 5) is 33.6. The summed E-state index contributed by atoms with van der Waals surface area (Å²) in [5.74, 6) is 0.881. The first kappa shape index (κ1) is 21.5. The second kappa shape index (κ2) is 9.11. The summed E-state index contributed by atoms with van der Waals surface area (Å²) in [6.07, 6.45) is 8.35. The second-order valence-electron chi connectivity index (χ2n) is 8.26. The molecule has 7 nitrogen and oxygen atoms in total. The van der Waals surface area contributed by atoms with E-state index in [0.717, 1.165) is 26.1 Å². The standard InChI is InChI=1S/C20H31N5O2.HI/c1-2-24-9-3-5-15(24)12-23-20(21)22-8-4-10-25-18(26)16-13-6-7-14(11-13)17(16)19(25)27;/h6-7,13-17H,2-5,8-12H2,1H3,(H3,21,22,23);1H. The van der Waals surface area contributed by atoms with E-state index in [1.807, 2.05) is 0 Å². The summed E-state index contributed by atoms with van der Waals surface area (Å²) in [6, 6.07) is 0.499. The molecule has 2 aliphatic heterocycles. The first-order valence-corrected chi connectivity index (χ1v) is 10.4. The maximum absolute atomic E-state index is 12.6. The molecule has 2 amide bonds. The van der Waals surface area contributed by atoms with Crippen molar-refractivity contribution in [3.8, 4) is 0 Å². The fourth-order valence-corrected chi connectivity index (χ4v) is 5.42. The summed E-state index contributed by atoms with van der Waals surface area (Å²) in [5.41, 5.74) is 5.97. The smallest absolute Gasteiger partial charge is 0.233 e. The number of fused-ring (bicyclic) bond motifs is 5. The molecule has 0 spiro atoms. The van der Waals surface area contributed by atoms with E-state index in [9.17, 15) is 9.59 Å². The lowest BCUT2D eigenvalue weighted by molar-refractivity contribution is -0.140. The lowest BCUT2D eigenvalue weighted by atomic mass is 9.85. The number of carbonyl (C=O) groups excluding carboxylic acids is 2. The predicted octanol–water partition coefficient (Wildman–Crippen LogP) is 1.19. The first-order valence-electron chi connectivity index (χ1n) is 10.4. The lowest BCUT2D eigenvalue weighted by Crippen LogP contribution is -2.38. The molecule has 0 aromatic heterocycles. The highest BCUT2D eigenvalue weighted by molar-refractivity contribution is 14.0. The molecule has 4 rings (SSSR count). The molecule has 0 aromatic carbocycles. The topological polar surface area (TPSA) is 91.0 Å². The predicted molar refractivity (Wildman–Crippen MR) is 119 cm³/mol. The van der Waals surface area contributed by atoms with Crippen LogP contribution in [-0.4, -0.2) is 66.3 Å². The number of imide groups is 1. The third-order valence-electron chi connectivity index (χ3n) is 6.80. The number of nitrogens with one attached hydrogen (secondary N) is 1. The Kier molecular flexibility index (Phi) is 7.01. The molecule has 28 heavy (non-hydrogen) atoms. The fourth-order valence-electron chi connectivity index (χ4n) is 5.42. The average molecular weight is 501 g/mol. The van der Waals surface area contributed by atoms with Crippen LogP contribution >= 0.6 is 24.0 Å². The van der Waals surface area contributed by atoms with Gasteiger partial charge in [0.25, 0.3) is 0 Å². The minimum atomic E-state index is -0.0972. The number of carbonyl (C=O) groups is 2. The van der Waals surface area contributed by atoms with Crippen LogP contribution in [0.2, 0.25) is 0 Å². The Morgan fingerprint density at radius 1 is 1.25 bits per heavy atom. The van der Waals surface area contributed by atoms with E-state index in [1.54, 1.807) is 0 Å². The monoisotopic (exact) mass is 501 g/mol. The zero-order valence-electron chi connectivity index (χ0n) is 16.5. The lowest BCUT2D eigenvalue weighted by Gasteiger charge is -2.21. The van der Waals surface area contributed by atoms with Gasteiger partial charge in [0.05, 0.1) is 18.4 Å². The van der Waals surface area contributed by atoms with Crippen LogP contribution in [0, 0.1) is 23.7 Å². The highest BCUT2D eigenvalue weighted by Crippen LogP contribution is 2.52. The molecule has 4 aliphatic rings. The fraction of sp³-hybridized carbons (Fsp3) is 0.750. The third-order valence-corrected chi connectivity index (χ3v) is 6.80. The van der Waals surface area contributed by atoms with Crippen LogP contribution in [0.3, 0.4) is 0 Å². The van der Waals surface area contributed by atoms with Gasteiger partial charge in [-0.3, -0.25) is 24.4 Å². The van der Waals surface area contributed by atoms with Crippen molar-refractivity contribution in [1.82, 2.24) is 15.1 Å². The van der Waals surface area contributed by atoms with Gasteiger partial charge in [-0.2, -0.15) is 0 Å². The van der Waals surface area contributed by atoms with Gasteiger partial charge in [-0.25, -0.2) is 0 Å². The largest absolute Gasteiger partial charge is 0.370 e. The normalized spacial score (nSPS) is 34.2. The zero-order chi connectivity index (χ0) is 19.0. The van der Waals surface area contributed by atoms with Crippen LogP contribution in [0.15, 0.2) is 17.1 Å². The highest BCUT2D eigenvalue weighted by Gasteiger charge is 2.58. The van der Waals surface area contributed by atoms with Crippen LogP contribution < -0.4 is 11.1 Å². The van der Waals surface area contributed by atoms with Gasteiger partial charge < -0.3 is 11.1 Å². The van der Waals surface area contributed by atoms with E-state index in [0.29, 0.717) is 31.5 Å². The molecular weight excluding hydrogens is 469 g/mol. The van der Waals surface area contributed by atoms with Crippen LogP contribution in [0.5, 0.6) is 0 Å². The summed E-state index contributed by atoms with van der Waals surface area (Å²) in [5, 5.41) is 3.12. The molecule has 3 N–H and O–H groups in total. The van der Waals surface area contributed by atoms with Gasteiger partial charge in [0.1, 0.15) is 0 Å². The molecule has 0 radical (unpaired) electrons. The van der Waals surface area contributed by atoms with E-state index >= 15 is 0 Å². The number of halogens is 1. The van der Waals surface area contributed by atoms with Gasteiger partial charge >= 0.3 is 0 Å². The molecular formula is C20H32IN5O2. The number of rotatable bonds is 7. The molecule has 2 aliphatic carbocycles. The van der Waals surface area contributed by atoms with Crippen molar-refractivity contribution in [3.05, 3.63) is 12.2 Å². The molecule has 5 unspecified atom stereocenters. The maximum atomic E-state index is 12.6. The SMILES string of the molecule is CCN1CCCC1CN=C(N)NCCCN1C(=O)C2C3C=CC(C3)C2C1=O.I. The van der Waals surface area contributed by atoms with Crippen LogP contribution in [0.25, 0.3) is 0 Å². The van der Waals surface area contributed by atoms with Crippen LogP contribution in [0.1, 0.15) is 32.6 Å². The number of likely N-dealkylation sites (tertiary alicyclic amines) is 2. The van der Waals surface area contributed by atoms with Gasteiger partial charge in [0.15, 0.2) is 5.96 Å². The van der Waals surface area contributed by atoms with Crippen molar-refractivity contribution < 1.29 is 9.59 Å². The Morgan fingerprint density at radius 3 is 2.57 bits per heavy atom. The minimum absolute atomic E-state index is 0. The van der Waals surface area contributed by atoms with E-state index in [-0.39, 0.29) is 59.5 Å². The number of hydrogen-bond donors (Lipinski definition) is 2. The van der Waals surface area contributed by atoms with Crippen molar-refractivity contribution in [2.24, 2.45) is 34.4 Å². The maximum Gasteiger partial charge on any atom is 0.233 e. The van der Waals surface area contributed by atoms with Gasteiger partial charge in [-0.1, -0.05) is 19.1 Å². The van der Waals surface area contributed by atoms with E-state index in [1.165, 1.54) is 17.7 Å². The molecule has 1 saturated carbocycles. The second-order valence-corrected chi connectivity index (χ2v) is 8.26. The minimum Gasteiger partial charge on any atom is -0.370 e. The summed E-state index contributed by atoms with van der Waals surface area (Å²) in [7, 11) is 0. The summed E-state index contributed by atoms with van der Waals surface area (Å²) in [6.45, 7) is 6.21. The Balaban J connectivity index is 0.00000225. The highest BCUT2D eigenvalue weighted by atomic mass is 127. The van der Waals surface area contributed by atoms with E-state index < -0.39 is 0 Å². The van der Waals surface area contributed by atoms with Crippen LogP contribution in [-0.2, 0) is 9.59 Å². The Labute approximate surface area is 184 Å². The molecule has 2 bridgehead atoms. The van der Waals surface area contributed by atoms with Crippen molar-refractivity contribution in [2.75, 3.05) is 32.7 Å². The van der Waals surface area contributed by atoms with Gasteiger partial charge in [-0.05, 0) is 50.6 Å². The molecule has 2 saturated heterocycles. The molecule has 2 heterocycles. The Hall–Kier alpha value is -1.16. The number of likely N-dealkylation sites (N-methyl/N-ethyl adjacent to an activating group) is 1. The summed E-state index contributed by atoms with van der Waals surface area (Å²) < 4.78 is 0. The number of nitrogens with two attached hydrogens (primary N) is 1. The number of nitrogens with zero attached hydrogens (tertiary/aromatic N) is 3. The van der Waals surface area contributed by atoms with Crippen molar-refractivity contribution >= 4 is 41.8 Å². The van der Waals surface area contributed by atoms with Crippen molar-refractivity contribution in [1.29, 1.82) is 0 Å². The third kappa shape index (κ3) is 3.94. The molecule has 0 aromatic rings. The van der Waals surface area contributed by atoms with Gasteiger partial charge in [0, 0.05) is 19.1 Å². The van der Waals surface area contributed by atoms with Gasteiger partial charge in [-0.15, -0.1) is 24.0 Å². The number of hydrogen-bond acceptors (Lipinski definition) is 4. The number of guanidine groups is 1. The van der Waals surface area contributed by atoms with Crippen LogP contribution in [0.4, 0.5) is 0 Å². The van der Waals surface area contributed by atoms with E-state index in [4.69, 9.17) is 5.73 Å². The van der Waals surface area contributed by atoms with Crippen molar-refractivity contribution in [3.63, 3.8) is 0 Å². The number of allylic oxidation sites excluding steroid dienone is 2. The quantitative estimate of drug-likeness (QED) is 0.137. The Bertz CT molecular complexity index is 637. The molecule has 8 heteroatoms. The van der Waals surface area contributed by atoms with E-state index in [2.05, 4.69) is 34.3 Å². The summed E-state index contributed by atoms with van der Waals surface area (Å²) >= 11 is 0. The number of aliphatic imine (C=N–C) groups is 1. The van der Waals surface area contributed by atoms with Gasteiger partial charge in [0.2, 0.25) is 11.8 Å². The molecule has 5 atom stereocenters. The molecule has 156 valence electrons. The Morgan fingerprint density at radius 2 is 1.93 bits per heavy atom. The molecule has 3 fully saturated rings. The first-order chi connectivity index (χ1) is 13.1. The average Bonchev–Trinajstić information content (AvgIpc) is 3.42.